The molecule has 1 aliphatic carbocycles. The number of anilines is 2. The third-order valence-electron chi connectivity index (χ3n) is 5.36. The van der Waals surface area contributed by atoms with Crippen LogP contribution in [0.1, 0.15) is 42.3 Å². The second-order valence-electron chi connectivity index (χ2n) is 8.31. The van der Waals surface area contributed by atoms with Crippen LogP contribution in [0.5, 0.6) is 0 Å². The molecule has 34 heavy (non-hydrogen) atoms. The normalized spacial score (nSPS) is 13.5. The summed E-state index contributed by atoms with van der Waals surface area (Å²) in [6.07, 6.45) is 6.06. The molecule has 0 aliphatic heterocycles. The predicted molar refractivity (Wildman–Crippen MR) is 119 cm³/mol. The standard InChI is InChI=1S/C23H24F3N7O/c1-23(25,26)18-7-3-15(11-29-18)12-33(17-5-6-17)22-20(24)21(31-13-32-22)30-10-14-2-4-16(28-9-14)8-19(27)34/h2-4,7,9,11,13,17H,5-6,8,10,12H2,1H3,(H2,27,34)(H,30,31,32). The summed E-state index contributed by atoms with van der Waals surface area (Å²) in [5.74, 6) is -3.91. The summed E-state index contributed by atoms with van der Waals surface area (Å²) in [7, 11) is 0. The van der Waals surface area contributed by atoms with E-state index >= 15 is 4.39 Å². The Bertz CT molecular complexity index is 1150. The average molecular weight is 471 g/mol. The van der Waals surface area contributed by atoms with Crippen molar-refractivity contribution in [2.24, 2.45) is 5.73 Å². The minimum absolute atomic E-state index is 0.0379. The molecule has 0 bridgehead atoms. The number of amides is 1. The molecule has 3 aromatic rings. The maximum absolute atomic E-state index is 15.3. The van der Waals surface area contributed by atoms with Gasteiger partial charge in [-0.05, 0) is 36.1 Å². The van der Waals surface area contributed by atoms with Crippen molar-refractivity contribution in [2.75, 3.05) is 10.2 Å². The number of alkyl halides is 2. The first-order chi connectivity index (χ1) is 16.2. The zero-order valence-corrected chi connectivity index (χ0v) is 18.5. The number of halogens is 3. The van der Waals surface area contributed by atoms with Crippen molar-refractivity contribution in [1.29, 1.82) is 0 Å². The second-order valence-corrected chi connectivity index (χ2v) is 8.31. The van der Waals surface area contributed by atoms with Gasteiger partial charge in [0.05, 0.1) is 6.42 Å². The van der Waals surface area contributed by atoms with Crippen molar-refractivity contribution in [2.45, 2.75) is 51.2 Å². The van der Waals surface area contributed by atoms with Gasteiger partial charge in [-0.2, -0.15) is 13.2 Å². The van der Waals surface area contributed by atoms with Crippen LogP contribution < -0.4 is 16.0 Å². The minimum atomic E-state index is -3.02. The van der Waals surface area contributed by atoms with E-state index in [0.717, 1.165) is 25.3 Å². The lowest BCUT2D eigenvalue weighted by molar-refractivity contribution is -0.117. The summed E-state index contributed by atoms with van der Waals surface area (Å²) in [5, 5.41) is 2.95. The number of carbonyl (C=O) groups excluding carboxylic acids is 1. The Labute approximate surface area is 194 Å². The third kappa shape index (κ3) is 5.77. The van der Waals surface area contributed by atoms with Gasteiger partial charge in [-0.3, -0.25) is 14.8 Å². The molecule has 3 heterocycles. The van der Waals surface area contributed by atoms with Gasteiger partial charge in [0, 0.05) is 44.1 Å². The fourth-order valence-electron chi connectivity index (χ4n) is 3.45. The van der Waals surface area contributed by atoms with E-state index in [1.54, 1.807) is 24.4 Å². The SMILES string of the molecule is CC(F)(F)c1ccc(CN(c2ncnc(NCc3ccc(CC(N)=O)nc3)c2F)C2CC2)cn1. The van der Waals surface area contributed by atoms with E-state index in [1.165, 1.54) is 18.6 Å². The van der Waals surface area contributed by atoms with Crippen LogP contribution in [0.3, 0.4) is 0 Å². The van der Waals surface area contributed by atoms with Gasteiger partial charge >= 0.3 is 0 Å². The number of hydrogen-bond donors (Lipinski definition) is 2. The molecular weight excluding hydrogens is 447 g/mol. The highest BCUT2D eigenvalue weighted by Crippen LogP contribution is 2.35. The largest absolute Gasteiger partial charge is 0.369 e. The molecule has 11 heteroatoms. The summed E-state index contributed by atoms with van der Waals surface area (Å²) < 4.78 is 42.2. The molecule has 0 aromatic carbocycles. The smallest absolute Gasteiger partial charge is 0.286 e. The molecule has 8 nitrogen and oxygen atoms in total. The highest BCUT2D eigenvalue weighted by Gasteiger charge is 2.33. The Morgan fingerprint density at radius 1 is 1.12 bits per heavy atom. The van der Waals surface area contributed by atoms with Crippen LogP contribution in [0.25, 0.3) is 0 Å². The molecule has 178 valence electrons. The van der Waals surface area contributed by atoms with Crippen molar-refractivity contribution < 1.29 is 18.0 Å². The fraction of sp³-hybridized carbons (Fsp3) is 0.348. The Kier molecular flexibility index (Phi) is 6.62. The Hall–Kier alpha value is -3.76. The minimum Gasteiger partial charge on any atom is -0.369 e. The molecule has 1 fully saturated rings. The van der Waals surface area contributed by atoms with Gasteiger partial charge in [0.15, 0.2) is 11.6 Å². The number of carbonyl (C=O) groups is 1. The number of pyridine rings is 2. The van der Waals surface area contributed by atoms with Crippen LogP contribution in [0, 0.1) is 5.82 Å². The van der Waals surface area contributed by atoms with Gasteiger partial charge in [0.1, 0.15) is 12.0 Å². The number of primary amides is 1. The lowest BCUT2D eigenvalue weighted by atomic mass is 10.2. The topological polar surface area (TPSA) is 110 Å². The Morgan fingerprint density at radius 2 is 1.85 bits per heavy atom. The first-order valence-corrected chi connectivity index (χ1v) is 10.8. The van der Waals surface area contributed by atoms with Crippen molar-refractivity contribution >= 4 is 17.5 Å². The lowest BCUT2D eigenvalue weighted by Crippen LogP contribution is -2.28. The van der Waals surface area contributed by atoms with Crippen LogP contribution >= 0.6 is 0 Å². The molecule has 0 saturated heterocycles. The van der Waals surface area contributed by atoms with E-state index in [0.29, 0.717) is 11.3 Å². The number of nitrogens with two attached hydrogens (primary N) is 1. The number of nitrogens with one attached hydrogen (secondary N) is 1. The van der Waals surface area contributed by atoms with E-state index in [4.69, 9.17) is 5.73 Å². The Morgan fingerprint density at radius 3 is 2.44 bits per heavy atom. The molecule has 3 N–H and O–H groups in total. The van der Waals surface area contributed by atoms with Gasteiger partial charge in [0.2, 0.25) is 11.7 Å². The fourth-order valence-corrected chi connectivity index (χ4v) is 3.45. The van der Waals surface area contributed by atoms with Gasteiger partial charge in [-0.15, -0.1) is 0 Å². The summed E-state index contributed by atoms with van der Waals surface area (Å²) in [5.41, 5.74) is 6.85. The maximum Gasteiger partial charge on any atom is 0.286 e. The quantitative estimate of drug-likeness (QED) is 0.467. The molecule has 1 aliphatic rings. The van der Waals surface area contributed by atoms with Crippen LogP contribution in [-0.2, 0) is 30.2 Å². The zero-order valence-electron chi connectivity index (χ0n) is 18.5. The van der Waals surface area contributed by atoms with E-state index in [1.807, 2.05) is 4.90 Å². The molecule has 0 radical (unpaired) electrons. The molecule has 1 saturated carbocycles. The number of aromatic nitrogens is 4. The van der Waals surface area contributed by atoms with Crippen LogP contribution in [0.4, 0.5) is 24.8 Å². The maximum atomic E-state index is 15.3. The van der Waals surface area contributed by atoms with Crippen LogP contribution in [-0.4, -0.2) is 31.9 Å². The van der Waals surface area contributed by atoms with E-state index in [-0.39, 0.29) is 42.9 Å². The van der Waals surface area contributed by atoms with Crippen molar-refractivity contribution in [1.82, 2.24) is 19.9 Å². The van der Waals surface area contributed by atoms with Gasteiger partial charge in [-0.25, -0.2) is 9.97 Å². The van der Waals surface area contributed by atoms with Crippen molar-refractivity contribution in [3.05, 3.63) is 71.3 Å². The van der Waals surface area contributed by atoms with E-state index < -0.39 is 17.6 Å². The molecule has 4 rings (SSSR count). The Balaban J connectivity index is 1.47. The monoisotopic (exact) mass is 471 g/mol. The third-order valence-corrected chi connectivity index (χ3v) is 5.36. The van der Waals surface area contributed by atoms with E-state index in [2.05, 4.69) is 25.3 Å². The van der Waals surface area contributed by atoms with Gasteiger partial charge in [0.25, 0.3) is 5.92 Å². The molecule has 0 spiro atoms. The summed E-state index contributed by atoms with van der Waals surface area (Å²) in [6.45, 7) is 1.34. The first kappa shape index (κ1) is 23.4. The molecular formula is C23H24F3N7O. The molecule has 0 atom stereocenters. The van der Waals surface area contributed by atoms with E-state index in [9.17, 15) is 13.6 Å². The average Bonchev–Trinajstić information content (AvgIpc) is 3.63. The number of hydrogen-bond acceptors (Lipinski definition) is 7. The second kappa shape index (κ2) is 9.62. The number of rotatable bonds is 10. The van der Waals surface area contributed by atoms with Crippen molar-refractivity contribution in [3.63, 3.8) is 0 Å². The summed E-state index contributed by atoms with van der Waals surface area (Å²) in [4.78, 5) is 29.0. The summed E-state index contributed by atoms with van der Waals surface area (Å²) >= 11 is 0. The highest BCUT2D eigenvalue weighted by atomic mass is 19.3. The van der Waals surface area contributed by atoms with Crippen molar-refractivity contribution in [3.8, 4) is 0 Å². The zero-order chi connectivity index (χ0) is 24.3. The van der Waals surface area contributed by atoms with Gasteiger partial charge < -0.3 is 16.0 Å². The summed E-state index contributed by atoms with van der Waals surface area (Å²) in [6, 6.07) is 6.41. The highest BCUT2D eigenvalue weighted by molar-refractivity contribution is 5.76. The number of nitrogens with zero attached hydrogens (tertiary/aromatic N) is 5. The molecule has 1 amide bonds. The molecule has 3 aromatic heterocycles. The van der Waals surface area contributed by atoms with Gasteiger partial charge in [-0.1, -0.05) is 12.1 Å². The predicted octanol–water partition coefficient (Wildman–Crippen LogP) is 3.33. The van der Waals surface area contributed by atoms with Crippen LogP contribution in [0.15, 0.2) is 43.0 Å². The van der Waals surface area contributed by atoms with Crippen LogP contribution in [0.2, 0.25) is 0 Å². The lowest BCUT2D eigenvalue weighted by Gasteiger charge is -2.24. The first-order valence-electron chi connectivity index (χ1n) is 10.8. The molecule has 0 unspecified atom stereocenters.